The minimum Gasteiger partial charge on any atom is -0.309 e. The normalized spacial score (nSPS) is 11.2. The number of hydrogen-bond donors (Lipinski definition) is 0. The number of rotatable bonds is 1. The van der Waals surface area contributed by atoms with Crippen molar-refractivity contribution < 1.29 is 0 Å². The van der Waals surface area contributed by atoms with Gasteiger partial charge in [-0.1, -0.05) is 24.3 Å². The van der Waals surface area contributed by atoms with E-state index in [0.717, 1.165) is 0 Å². The fraction of sp³-hybridized carbons (Fsp3) is 0. The van der Waals surface area contributed by atoms with Crippen LogP contribution in [0.2, 0.25) is 0 Å². The van der Waals surface area contributed by atoms with E-state index in [1.807, 2.05) is 12.1 Å². The molecule has 0 N–H and O–H groups in total. The number of hydrogen-bond acceptors (Lipinski definition) is 0. The van der Waals surface area contributed by atoms with Crippen LogP contribution in [0, 0.1) is 9.64 Å². The highest BCUT2D eigenvalue weighted by Gasteiger charge is 2.11. The molecule has 3 aromatic carbocycles. The van der Waals surface area contributed by atoms with E-state index < -0.39 is 0 Å². The first kappa shape index (κ1) is 12.0. The van der Waals surface area contributed by atoms with Crippen LogP contribution in [0.1, 0.15) is 0 Å². The molecule has 20 heavy (non-hydrogen) atoms. The van der Waals surface area contributed by atoms with Crippen LogP contribution in [0.25, 0.3) is 27.5 Å². The van der Waals surface area contributed by atoms with Crippen LogP contribution in [-0.4, -0.2) is 4.57 Å². The molecule has 95 valence electrons. The predicted molar refractivity (Wildman–Crippen MR) is 92.3 cm³/mol. The third-order valence-corrected chi connectivity index (χ3v) is 4.26. The lowest BCUT2D eigenvalue weighted by Gasteiger charge is -2.07. The number of halogens is 1. The average molecular weight is 368 g/mol. The van der Waals surface area contributed by atoms with Gasteiger partial charge >= 0.3 is 0 Å². The van der Waals surface area contributed by atoms with Gasteiger partial charge in [-0.25, -0.2) is 0 Å². The Labute approximate surface area is 131 Å². The minimum absolute atomic E-state index is 1.19. The lowest BCUT2D eigenvalue weighted by molar-refractivity contribution is 1.18. The number of fused-ring (bicyclic) bond motifs is 3. The predicted octanol–water partition coefficient (Wildman–Crippen LogP) is 5.19. The Hall–Kier alpha value is -1.81. The topological polar surface area (TPSA) is 4.93 Å². The number of aromatic nitrogens is 1. The van der Waals surface area contributed by atoms with Gasteiger partial charge in [0.1, 0.15) is 0 Å². The van der Waals surface area contributed by atoms with Gasteiger partial charge in [-0.15, -0.1) is 0 Å². The van der Waals surface area contributed by atoms with Gasteiger partial charge in [0.2, 0.25) is 0 Å². The Morgan fingerprint density at radius 3 is 2.50 bits per heavy atom. The second-order valence-electron chi connectivity index (χ2n) is 4.78. The van der Waals surface area contributed by atoms with Crippen LogP contribution >= 0.6 is 22.6 Å². The van der Waals surface area contributed by atoms with Gasteiger partial charge in [-0.05, 0) is 71.1 Å². The van der Waals surface area contributed by atoms with Crippen LogP contribution in [0.15, 0.2) is 66.7 Å². The Balaban J connectivity index is 2.22. The molecule has 0 fully saturated rings. The van der Waals surface area contributed by atoms with Crippen molar-refractivity contribution in [3.8, 4) is 5.69 Å². The number of nitrogens with zero attached hydrogens (tertiary/aromatic N) is 1. The molecule has 1 nitrogen and oxygen atoms in total. The fourth-order valence-electron chi connectivity index (χ4n) is 2.74. The zero-order valence-corrected chi connectivity index (χ0v) is 12.8. The molecule has 2 heteroatoms. The molecular formula is C18H11IN. The summed E-state index contributed by atoms with van der Waals surface area (Å²) < 4.78 is 3.57. The maximum Gasteiger partial charge on any atom is 0.0541 e. The summed E-state index contributed by atoms with van der Waals surface area (Å²) in [6.07, 6.45) is 0. The summed E-state index contributed by atoms with van der Waals surface area (Å²) in [5, 5.41) is 2.54. The molecule has 4 aromatic rings. The molecule has 0 amide bonds. The first-order valence-electron chi connectivity index (χ1n) is 6.50. The van der Waals surface area contributed by atoms with Crippen molar-refractivity contribution in [3.05, 3.63) is 76.4 Å². The molecule has 0 aliphatic heterocycles. The van der Waals surface area contributed by atoms with Crippen molar-refractivity contribution in [1.82, 2.24) is 4.57 Å². The Kier molecular flexibility index (Phi) is 2.77. The quantitative estimate of drug-likeness (QED) is 0.408. The highest BCUT2D eigenvalue weighted by Crippen LogP contribution is 2.32. The summed E-state index contributed by atoms with van der Waals surface area (Å²) in [5.74, 6) is 0. The molecule has 0 aliphatic rings. The van der Waals surface area contributed by atoms with Gasteiger partial charge < -0.3 is 4.57 Å². The molecule has 0 unspecified atom stereocenters. The maximum absolute atomic E-state index is 3.20. The summed E-state index contributed by atoms with van der Waals surface area (Å²) in [5.41, 5.74) is 3.66. The van der Waals surface area contributed by atoms with Crippen LogP contribution in [-0.2, 0) is 0 Å². The van der Waals surface area contributed by atoms with E-state index in [9.17, 15) is 0 Å². The Morgan fingerprint density at radius 1 is 0.850 bits per heavy atom. The van der Waals surface area contributed by atoms with Crippen LogP contribution in [0.4, 0.5) is 0 Å². The third kappa shape index (κ3) is 1.75. The lowest BCUT2D eigenvalue weighted by Crippen LogP contribution is -1.92. The zero-order valence-electron chi connectivity index (χ0n) is 10.7. The van der Waals surface area contributed by atoms with Gasteiger partial charge in [0, 0.05) is 20.0 Å². The van der Waals surface area contributed by atoms with Gasteiger partial charge in [-0.3, -0.25) is 0 Å². The van der Waals surface area contributed by atoms with Gasteiger partial charge in [-0.2, -0.15) is 0 Å². The SMILES string of the molecule is Ic1ccc2c(c1)c1c[c]ccc1n2-c1ccccc1. The summed E-state index contributed by atoms with van der Waals surface area (Å²) in [7, 11) is 0. The zero-order chi connectivity index (χ0) is 13.5. The van der Waals surface area contributed by atoms with Crippen molar-refractivity contribution in [2.75, 3.05) is 0 Å². The third-order valence-electron chi connectivity index (χ3n) is 3.59. The van der Waals surface area contributed by atoms with Crippen molar-refractivity contribution in [3.63, 3.8) is 0 Å². The Morgan fingerprint density at radius 2 is 1.65 bits per heavy atom. The lowest BCUT2D eigenvalue weighted by atomic mass is 10.2. The average Bonchev–Trinajstić information content (AvgIpc) is 2.82. The molecule has 1 aromatic heterocycles. The standard InChI is InChI=1S/C18H11IN/c19-13-10-11-18-16(12-13)15-8-4-5-9-17(15)20(18)14-6-2-1-3-7-14/h1-3,5-12H. The monoisotopic (exact) mass is 368 g/mol. The van der Waals surface area contributed by atoms with E-state index in [1.165, 1.54) is 31.1 Å². The van der Waals surface area contributed by atoms with E-state index in [0.29, 0.717) is 0 Å². The summed E-state index contributed by atoms with van der Waals surface area (Å²) >= 11 is 2.37. The molecule has 0 saturated heterocycles. The van der Waals surface area contributed by atoms with Crippen molar-refractivity contribution in [2.45, 2.75) is 0 Å². The van der Waals surface area contributed by atoms with E-state index in [4.69, 9.17) is 0 Å². The summed E-state index contributed by atoms with van der Waals surface area (Å²) in [4.78, 5) is 0. The van der Waals surface area contributed by atoms with E-state index in [-0.39, 0.29) is 0 Å². The highest BCUT2D eigenvalue weighted by molar-refractivity contribution is 14.1. The molecule has 0 atom stereocenters. The number of benzene rings is 3. The van der Waals surface area contributed by atoms with Gasteiger partial charge in [0.15, 0.2) is 0 Å². The van der Waals surface area contributed by atoms with Crippen LogP contribution < -0.4 is 0 Å². The molecule has 1 radical (unpaired) electrons. The van der Waals surface area contributed by atoms with E-state index in [2.05, 4.69) is 87.8 Å². The van der Waals surface area contributed by atoms with Crippen molar-refractivity contribution in [2.24, 2.45) is 0 Å². The summed E-state index contributed by atoms with van der Waals surface area (Å²) in [6, 6.07) is 26.5. The fourth-order valence-corrected chi connectivity index (χ4v) is 3.23. The molecule has 0 bridgehead atoms. The summed E-state index contributed by atoms with van der Waals surface area (Å²) in [6.45, 7) is 0. The molecular weight excluding hydrogens is 357 g/mol. The maximum atomic E-state index is 3.20. The van der Waals surface area contributed by atoms with E-state index in [1.54, 1.807) is 0 Å². The van der Waals surface area contributed by atoms with Crippen molar-refractivity contribution >= 4 is 44.4 Å². The first-order chi connectivity index (χ1) is 9.84. The van der Waals surface area contributed by atoms with Crippen LogP contribution in [0.3, 0.4) is 0 Å². The molecule has 0 saturated carbocycles. The second-order valence-corrected chi connectivity index (χ2v) is 6.02. The molecule has 4 rings (SSSR count). The largest absolute Gasteiger partial charge is 0.309 e. The van der Waals surface area contributed by atoms with Gasteiger partial charge in [0.25, 0.3) is 0 Å². The van der Waals surface area contributed by atoms with Gasteiger partial charge in [0.05, 0.1) is 11.0 Å². The smallest absolute Gasteiger partial charge is 0.0541 e. The van der Waals surface area contributed by atoms with Crippen LogP contribution in [0.5, 0.6) is 0 Å². The molecule has 1 heterocycles. The minimum atomic E-state index is 1.19. The number of para-hydroxylation sites is 1. The molecule has 0 spiro atoms. The van der Waals surface area contributed by atoms with Crippen molar-refractivity contribution in [1.29, 1.82) is 0 Å². The Bertz CT molecular complexity index is 907. The highest BCUT2D eigenvalue weighted by atomic mass is 127. The molecule has 0 aliphatic carbocycles. The second kappa shape index (κ2) is 4.63. The first-order valence-corrected chi connectivity index (χ1v) is 7.58. The van der Waals surface area contributed by atoms with E-state index >= 15 is 0 Å².